The summed E-state index contributed by atoms with van der Waals surface area (Å²) in [5.41, 5.74) is 3.97. The number of hydrogen-bond acceptors (Lipinski definition) is 3. The number of nitrogens with zero attached hydrogens (tertiary/aromatic N) is 2. The van der Waals surface area contributed by atoms with Crippen LogP contribution in [0.15, 0.2) is 42.7 Å². The van der Waals surface area contributed by atoms with Gasteiger partial charge in [0.05, 0.1) is 5.56 Å². The van der Waals surface area contributed by atoms with Crippen molar-refractivity contribution < 1.29 is 4.79 Å². The highest BCUT2D eigenvalue weighted by Gasteiger charge is 2.24. The van der Waals surface area contributed by atoms with Gasteiger partial charge in [-0.25, -0.2) is 0 Å². The lowest BCUT2D eigenvalue weighted by atomic mass is 9.99. The maximum absolute atomic E-state index is 12.6. The van der Waals surface area contributed by atoms with Crippen molar-refractivity contribution >= 4 is 17.3 Å². The van der Waals surface area contributed by atoms with Crippen LogP contribution in [0.1, 0.15) is 22.3 Å². The van der Waals surface area contributed by atoms with E-state index in [1.807, 2.05) is 30.1 Å². The largest absolute Gasteiger partial charge is 0.388 e. The summed E-state index contributed by atoms with van der Waals surface area (Å²) in [5, 5.41) is 3.20. The van der Waals surface area contributed by atoms with E-state index in [0.717, 1.165) is 30.8 Å². The summed E-state index contributed by atoms with van der Waals surface area (Å²) in [6, 6.07) is 9.66. The van der Waals surface area contributed by atoms with Gasteiger partial charge in [-0.2, -0.15) is 0 Å². The maximum atomic E-state index is 12.6. The van der Waals surface area contributed by atoms with E-state index in [9.17, 15) is 4.79 Å². The Balaban J connectivity index is 2.00. The van der Waals surface area contributed by atoms with Crippen molar-refractivity contribution in [2.45, 2.75) is 12.8 Å². The SMILES string of the molecule is CNc1cccc2c1CCCN2C(=O)c1cccnc1. The number of carbonyl (C=O) groups is 1. The minimum absolute atomic E-state index is 0.0207. The third-order valence-corrected chi connectivity index (χ3v) is 3.67. The fourth-order valence-corrected chi connectivity index (χ4v) is 2.71. The second-order valence-electron chi connectivity index (χ2n) is 4.86. The summed E-state index contributed by atoms with van der Waals surface area (Å²) in [4.78, 5) is 18.5. The number of fused-ring (bicyclic) bond motifs is 1. The van der Waals surface area contributed by atoms with Crippen LogP contribution in [0.2, 0.25) is 0 Å². The first-order chi connectivity index (χ1) is 9.81. The second-order valence-corrected chi connectivity index (χ2v) is 4.86. The van der Waals surface area contributed by atoms with Gasteiger partial charge in [0, 0.05) is 37.4 Å². The van der Waals surface area contributed by atoms with Gasteiger partial charge in [0.2, 0.25) is 0 Å². The number of nitrogens with one attached hydrogen (secondary N) is 1. The van der Waals surface area contributed by atoms with Crippen LogP contribution in [0.25, 0.3) is 0 Å². The van der Waals surface area contributed by atoms with Gasteiger partial charge in [-0.05, 0) is 42.7 Å². The Morgan fingerprint density at radius 2 is 2.20 bits per heavy atom. The molecule has 20 heavy (non-hydrogen) atoms. The lowest BCUT2D eigenvalue weighted by Gasteiger charge is -2.30. The summed E-state index contributed by atoms with van der Waals surface area (Å²) in [5.74, 6) is 0.0207. The molecule has 4 nitrogen and oxygen atoms in total. The van der Waals surface area contributed by atoms with Gasteiger partial charge < -0.3 is 10.2 Å². The fraction of sp³-hybridized carbons (Fsp3) is 0.250. The molecule has 0 atom stereocenters. The summed E-state index contributed by atoms with van der Waals surface area (Å²) < 4.78 is 0. The minimum atomic E-state index is 0.0207. The number of hydrogen-bond donors (Lipinski definition) is 1. The Morgan fingerprint density at radius 1 is 1.30 bits per heavy atom. The number of anilines is 2. The highest BCUT2D eigenvalue weighted by molar-refractivity contribution is 6.06. The predicted molar refractivity (Wildman–Crippen MR) is 80.2 cm³/mol. The molecule has 3 rings (SSSR count). The van der Waals surface area contributed by atoms with Crippen LogP contribution >= 0.6 is 0 Å². The number of amides is 1. The quantitative estimate of drug-likeness (QED) is 0.910. The van der Waals surface area contributed by atoms with Crippen molar-refractivity contribution in [1.82, 2.24) is 4.98 Å². The first kappa shape index (κ1) is 12.7. The van der Waals surface area contributed by atoms with Crippen molar-refractivity contribution in [2.75, 3.05) is 23.8 Å². The molecule has 1 amide bonds. The Bertz CT molecular complexity index is 625. The third-order valence-electron chi connectivity index (χ3n) is 3.67. The lowest BCUT2D eigenvalue weighted by molar-refractivity contribution is 0.0985. The van der Waals surface area contributed by atoms with Crippen LogP contribution in [0.4, 0.5) is 11.4 Å². The molecule has 2 aromatic rings. The maximum Gasteiger partial charge on any atom is 0.259 e. The van der Waals surface area contributed by atoms with Gasteiger partial charge in [0.15, 0.2) is 0 Å². The van der Waals surface area contributed by atoms with Crippen LogP contribution in [-0.4, -0.2) is 24.5 Å². The average Bonchev–Trinajstić information content (AvgIpc) is 2.54. The number of benzene rings is 1. The molecule has 4 heteroatoms. The molecule has 1 aromatic carbocycles. The van der Waals surface area contributed by atoms with E-state index < -0.39 is 0 Å². The molecule has 0 aliphatic carbocycles. The number of carbonyl (C=O) groups excluding carboxylic acids is 1. The molecule has 0 unspecified atom stereocenters. The molecule has 102 valence electrons. The van der Waals surface area contributed by atoms with Crippen LogP contribution in [0.5, 0.6) is 0 Å². The smallest absolute Gasteiger partial charge is 0.259 e. The molecule has 1 aliphatic heterocycles. The van der Waals surface area contributed by atoms with Crippen molar-refractivity contribution in [3.05, 3.63) is 53.9 Å². The Kier molecular flexibility index (Phi) is 3.37. The van der Waals surface area contributed by atoms with E-state index in [2.05, 4.69) is 16.4 Å². The molecular weight excluding hydrogens is 250 g/mol. The van der Waals surface area contributed by atoms with E-state index in [-0.39, 0.29) is 5.91 Å². The normalized spacial score (nSPS) is 13.8. The Morgan fingerprint density at radius 3 is 2.95 bits per heavy atom. The van der Waals surface area contributed by atoms with E-state index >= 15 is 0 Å². The summed E-state index contributed by atoms with van der Waals surface area (Å²) in [6.07, 6.45) is 5.29. The summed E-state index contributed by atoms with van der Waals surface area (Å²) in [6.45, 7) is 0.758. The standard InChI is InChI=1S/C16H17N3O/c1-17-14-7-2-8-15-13(14)6-4-10-19(15)16(20)12-5-3-9-18-11-12/h2-3,5,7-9,11,17H,4,6,10H2,1H3. The third kappa shape index (κ3) is 2.13. The zero-order valence-corrected chi connectivity index (χ0v) is 11.5. The van der Waals surface area contributed by atoms with Crippen LogP contribution in [0.3, 0.4) is 0 Å². The molecule has 2 heterocycles. The lowest BCUT2D eigenvalue weighted by Crippen LogP contribution is -2.35. The molecule has 0 bridgehead atoms. The van der Waals surface area contributed by atoms with Crippen LogP contribution in [-0.2, 0) is 6.42 Å². The molecule has 1 aromatic heterocycles. The first-order valence-corrected chi connectivity index (χ1v) is 6.83. The van der Waals surface area contributed by atoms with Gasteiger partial charge >= 0.3 is 0 Å². The van der Waals surface area contributed by atoms with E-state index in [1.54, 1.807) is 18.5 Å². The number of aromatic nitrogens is 1. The average molecular weight is 267 g/mol. The van der Waals surface area contributed by atoms with Crippen LogP contribution < -0.4 is 10.2 Å². The molecular formula is C16H17N3O. The Labute approximate surface area is 118 Å². The fourth-order valence-electron chi connectivity index (χ4n) is 2.71. The van der Waals surface area contributed by atoms with E-state index in [4.69, 9.17) is 0 Å². The minimum Gasteiger partial charge on any atom is -0.388 e. The van der Waals surface area contributed by atoms with Gasteiger partial charge in [0.1, 0.15) is 0 Å². The van der Waals surface area contributed by atoms with Crippen molar-refractivity contribution in [1.29, 1.82) is 0 Å². The van der Waals surface area contributed by atoms with Crippen LogP contribution in [0, 0.1) is 0 Å². The van der Waals surface area contributed by atoms with Crippen molar-refractivity contribution in [3.8, 4) is 0 Å². The molecule has 0 saturated heterocycles. The molecule has 0 saturated carbocycles. The van der Waals surface area contributed by atoms with Crippen molar-refractivity contribution in [2.24, 2.45) is 0 Å². The number of rotatable bonds is 2. The first-order valence-electron chi connectivity index (χ1n) is 6.83. The molecule has 1 aliphatic rings. The Hall–Kier alpha value is -2.36. The van der Waals surface area contributed by atoms with Gasteiger partial charge in [-0.15, -0.1) is 0 Å². The second kappa shape index (κ2) is 5.33. The topological polar surface area (TPSA) is 45.2 Å². The molecule has 1 N–H and O–H groups in total. The summed E-state index contributed by atoms with van der Waals surface area (Å²) in [7, 11) is 1.91. The molecule has 0 radical (unpaired) electrons. The highest BCUT2D eigenvalue weighted by Crippen LogP contribution is 2.33. The van der Waals surface area contributed by atoms with Gasteiger partial charge in [0.25, 0.3) is 5.91 Å². The predicted octanol–water partition coefficient (Wildman–Crippen LogP) is 2.72. The molecule has 0 spiro atoms. The monoisotopic (exact) mass is 267 g/mol. The van der Waals surface area contributed by atoms with Crippen molar-refractivity contribution in [3.63, 3.8) is 0 Å². The summed E-state index contributed by atoms with van der Waals surface area (Å²) >= 11 is 0. The zero-order valence-electron chi connectivity index (χ0n) is 11.5. The number of pyridine rings is 1. The highest BCUT2D eigenvalue weighted by atomic mass is 16.2. The molecule has 0 fully saturated rings. The van der Waals surface area contributed by atoms with Gasteiger partial charge in [-0.1, -0.05) is 6.07 Å². The van der Waals surface area contributed by atoms with E-state index in [0.29, 0.717) is 5.56 Å². The zero-order chi connectivity index (χ0) is 13.9. The van der Waals surface area contributed by atoms with Gasteiger partial charge in [-0.3, -0.25) is 9.78 Å². The van der Waals surface area contributed by atoms with E-state index in [1.165, 1.54) is 5.56 Å².